The van der Waals surface area contributed by atoms with Crippen molar-refractivity contribution in [3.63, 3.8) is 0 Å². The molecule has 0 aliphatic heterocycles. The number of alkyl halides is 3. The molecule has 0 aliphatic carbocycles. The lowest BCUT2D eigenvalue weighted by Crippen LogP contribution is -2.23. The zero-order chi connectivity index (χ0) is 14.1. The zero-order valence-corrected chi connectivity index (χ0v) is 11.0. The number of anilines is 1. The Labute approximate surface area is 104 Å². The number of benzene rings is 1. The van der Waals surface area contributed by atoms with Crippen molar-refractivity contribution in [1.82, 2.24) is 0 Å². The Morgan fingerprint density at radius 2 is 1.78 bits per heavy atom. The number of hydrogen-bond donors (Lipinski definition) is 1. The lowest BCUT2D eigenvalue weighted by atomic mass is 10.1. The third-order valence-electron chi connectivity index (χ3n) is 2.44. The molecular formula is C11H14F3NO2S. The van der Waals surface area contributed by atoms with Crippen molar-refractivity contribution in [2.75, 3.05) is 4.72 Å². The van der Waals surface area contributed by atoms with Crippen LogP contribution in [0.2, 0.25) is 0 Å². The summed E-state index contributed by atoms with van der Waals surface area (Å²) >= 11 is 0. The third kappa shape index (κ3) is 3.38. The minimum atomic E-state index is -4.49. The van der Waals surface area contributed by atoms with Crippen molar-refractivity contribution in [3.8, 4) is 0 Å². The fraction of sp³-hybridized carbons (Fsp3) is 0.455. The summed E-state index contributed by atoms with van der Waals surface area (Å²) in [5, 5.41) is -0.716. The van der Waals surface area contributed by atoms with Crippen LogP contribution in [0.25, 0.3) is 0 Å². The maximum atomic E-state index is 12.5. The summed E-state index contributed by atoms with van der Waals surface area (Å²) in [4.78, 5) is 0. The Balaban J connectivity index is 3.18. The van der Waals surface area contributed by atoms with Crippen LogP contribution in [-0.4, -0.2) is 13.7 Å². The van der Waals surface area contributed by atoms with E-state index in [0.29, 0.717) is 5.56 Å². The summed E-state index contributed by atoms with van der Waals surface area (Å²) in [5.41, 5.74) is -0.486. The summed E-state index contributed by atoms with van der Waals surface area (Å²) in [6.45, 7) is 4.44. The largest absolute Gasteiger partial charge is 0.416 e. The van der Waals surface area contributed by atoms with Crippen molar-refractivity contribution in [2.45, 2.75) is 32.2 Å². The molecule has 0 spiro atoms. The molecule has 0 fully saturated rings. The average molecular weight is 281 g/mol. The second kappa shape index (κ2) is 4.79. The lowest BCUT2D eigenvalue weighted by Gasteiger charge is -2.15. The van der Waals surface area contributed by atoms with Crippen LogP contribution in [0.4, 0.5) is 18.9 Å². The first-order valence-electron chi connectivity index (χ1n) is 5.23. The predicted octanol–water partition coefficient (Wildman–Crippen LogP) is 3.16. The Morgan fingerprint density at radius 1 is 1.22 bits per heavy atom. The second-order valence-electron chi connectivity index (χ2n) is 4.22. The van der Waals surface area contributed by atoms with Gasteiger partial charge in [0.1, 0.15) is 0 Å². The summed E-state index contributed by atoms with van der Waals surface area (Å²) in [5.74, 6) is 0. The number of hydrogen-bond acceptors (Lipinski definition) is 2. The number of aryl methyl sites for hydroxylation is 1. The van der Waals surface area contributed by atoms with Crippen LogP contribution >= 0.6 is 0 Å². The van der Waals surface area contributed by atoms with Gasteiger partial charge in [-0.2, -0.15) is 13.2 Å². The lowest BCUT2D eigenvalue weighted by molar-refractivity contribution is -0.137. The molecule has 1 aromatic rings. The van der Waals surface area contributed by atoms with Gasteiger partial charge in [0, 0.05) is 0 Å². The molecule has 0 saturated carbocycles. The van der Waals surface area contributed by atoms with Crippen LogP contribution in [0, 0.1) is 6.92 Å². The van der Waals surface area contributed by atoms with Gasteiger partial charge in [-0.25, -0.2) is 8.42 Å². The summed E-state index contributed by atoms with van der Waals surface area (Å²) < 4.78 is 63.0. The van der Waals surface area contributed by atoms with Crippen LogP contribution < -0.4 is 4.72 Å². The van der Waals surface area contributed by atoms with Gasteiger partial charge in [-0.15, -0.1) is 0 Å². The van der Waals surface area contributed by atoms with E-state index < -0.39 is 27.0 Å². The van der Waals surface area contributed by atoms with Crippen LogP contribution in [0.5, 0.6) is 0 Å². The smallest absolute Gasteiger partial charge is 0.283 e. The van der Waals surface area contributed by atoms with E-state index in [1.807, 2.05) is 0 Å². The minimum absolute atomic E-state index is 0.0430. The fourth-order valence-electron chi connectivity index (χ4n) is 1.18. The van der Waals surface area contributed by atoms with Crippen LogP contribution in [0.15, 0.2) is 18.2 Å². The minimum Gasteiger partial charge on any atom is -0.283 e. The monoisotopic (exact) mass is 281 g/mol. The van der Waals surface area contributed by atoms with Gasteiger partial charge in [-0.3, -0.25) is 4.72 Å². The highest BCUT2D eigenvalue weighted by Gasteiger charge is 2.31. The highest BCUT2D eigenvalue weighted by atomic mass is 32.2. The molecular weight excluding hydrogens is 267 g/mol. The zero-order valence-electron chi connectivity index (χ0n) is 10.2. The molecule has 0 aliphatic rings. The van der Waals surface area contributed by atoms with Crippen LogP contribution in [0.3, 0.4) is 0 Å². The quantitative estimate of drug-likeness (QED) is 0.925. The van der Waals surface area contributed by atoms with Crippen molar-refractivity contribution in [1.29, 1.82) is 0 Å². The SMILES string of the molecule is Cc1ccc(C(F)(F)F)cc1NS(=O)(=O)C(C)C. The highest BCUT2D eigenvalue weighted by molar-refractivity contribution is 7.93. The Morgan fingerprint density at radius 3 is 2.22 bits per heavy atom. The summed E-state index contributed by atoms with van der Waals surface area (Å²) in [6.07, 6.45) is -4.49. The molecule has 0 saturated heterocycles. The van der Waals surface area contributed by atoms with Crippen molar-refractivity contribution in [2.24, 2.45) is 0 Å². The topological polar surface area (TPSA) is 46.2 Å². The second-order valence-corrected chi connectivity index (χ2v) is 6.46. The number of halogens is 3. The van der Waals surface area contributed by atoms with Gasteiger partial charge in [-0.05, 0) is 38.5 Å². The standard InChI is InChI=1S/C11H14F3NO2S/c1-7(2)18(16,17)15-10-6-9(11(12,13)14)5-4-8(10)3/h4-7,15H,1-3H3. The van der Waals surface area contributed by atoms with E-state index in [2.05, 4.69) is 4.72 Å². The highest BCUT2D eigenvalue weighted by Crippen LogP contribution is 2.32. The normalized spacial score (nSPS) is 12.8. The average Bonchev–Trinajstić information content (AvgIpc) is 2.19. The van der Waals surface area contributed by atoms with Gasteiger partial charge in [0.15, 0.2) is 0 Å². The van der Waals surface area contributed by atoms with E-state index in [1.165, 1.54) is 19.9 Å². The van der Waals surface area contributed by atoms with E-state index in [-0.39, 0.29) is 5.69 Å². The number of rotatable bonds is 3. The first-order valence-corrected chi connectivity index (χ1v) is 6.78. The number of sulfonamides is 1. The van der Waals surface area contributed by atoms with Gasteiger partial charge in [0.25, 0.3) is 0 Å². The molecule has 0 aromatic heterocycles. The molecule has 0 radical (unpaired) electrons. The fourth-order valence-corrected chi connectivity index (χ4v) is 1.94. The van der Waals surface area contributed by atoms with Crippen LogP contribution in [-0.2, 0) is 16.2 Å². The molecule has 0 unspecified atom stereocenters. The maximum absolute atomic E-state index is 12.5. The molecule has 1 aromatic carbocycles. The van der Waals surface area contributed by atoms with E-state index in [9.17, 15) is 21.6 Å². The van der Waals surface area contributed by atoms with Gasteiger partial charge in [0.2, 0.25) is 10.0 Å². The Bertz CT molecular complexity index is 536. The number of nitrogens with one attached hydrogen (secondary N) is 1. The first kappa shape index (κ1) is 14.8. The third-order valence-corrected chi connectivity index (χ3v) is 4.18. The molecule has 102 valence electrons. The van der Waals surface area contributed by atoms with E-state index in [4.69, 9.17) is 0 Å². The van der Waals surface area contributed by atoms with E-state index in [1.54, 1.807) is 6.92 Å². The van der Waals surface area contributed by atoms with Gasteiger partial charge in [0.05, 0.1) is 16.5 Å². The van der Waals surface area contributed by atoms with E-state index in [0.717, 1.165) is 12.1 Å². The van der Waals surface area contributed by atoms with E-state index >= 15 is 0 Å². The molecule has 0 atom stereocenters. The molecule has 3 nitrogen and oxygen atoms in total. The van der Waals surface area contributed by atoms with Crippen molar-refractivity contribution < 1.29 is 21.6 Å². The summed E-state index contributed by atoms with van der Waals surface area (Å²) in [6, 6.07) is 2.96. The molecule has 0 bridgehead atoms. The molecule has 0 heterocycles. The molecule has 1 N–H and O–H groups in total. The van der Waals surface area contributed by atoms with Crippen molar-refractivity contribution in [3.05, 3.63) is 29.3 Å². The molecule has 1 rings (SSSR count). The maximum Gasteiger partial charge on any atom is 0.416 e. The predicted molar refractivity (Wildman–Crippen MR) is 63.9 cm³/mol. The Hall–Kier alpha value is -1.24. The first-order chi connectivity index (χ1) is 8.04. The molecule has 0 amide bonds. The van der Waals surface area contributed by atoms with Gasteiger partial charge >= 0.3 is 6.18 Å². The summed E-state index contributed by atoms with van der Waals surface area (Å²) in [7, 11) is -3.65. The Kier molecular flexibility index (Phi) is 3.95. The molecule has 18 heavy (non-hydrogen) atoms. The van der Waals surface area contributed by atoms with Crippen LogP contribution in [0.1, 0.15) is 25.0 Å². The molecule has 7 heteroatoms. The van der Waals surface area contributed by atoms with Gasteiger partial charge < -0.3 is 0 Å². The van der Waals surface area contributed by atoms with Crippen molar-refractivity contribution >= 4 is 15.7 Å². The van der Waals surface area contributed by atoms with Gasteiger partial charge in [-0.1, -0.05) is 6.07 Å².